The number of nitrogens with zero attached hydrogens (tertiary/aromatic N) is 2. The quantitative estimate of drug-likeness (QED) is 0.832. The molecule has 0 saturated carbocycles. The maximum Gasteiger partial charge on any atom is 0.410 e. The molecule has 26 heavy (non-hydrogen) atoms. The highest BCUT2D eigenvalue weighted by Crippen LogP contribution is 2.34. The summed E-state index contributed by atoms with van der Waals surface area (Å²) in [6.07, 6.45) is 3.75. The van der Waals surface area contributed by atoms with E-state index in [1.54, 1.807) is 30.7 Å². The van der Waals surface area contributed by atoms with Crippen LogP contribution in [0.15, 0.2) is 18.2 Å². The third-order valence-corrected chi connectivity index (χ3v) is 5.70. The van der Waals surface area contributed by atoms with Gasteiger partial charge in [0.2, 0.25) is 0 Å². The van der Waals surface area contributed by atoms with Crippen LogP contribution in [0.25, 0.3) is 0 Å². The summed E-state index contributed by atoms with van der Waals surface area (Å²) in [5.41, 5.74) is 1.18. The number of aryl methyl sites for hydroxylation is 2. The van der Waals surface area contributed by atoms with E-state index in [1.165, 1.54) is 17.5 Å². The van der Waals surface area contributed by atoms with Crippen molar-refractivity contribution in [1.29, 1.82) is 0 Å². The van der Waals surface area contributed by atoms with Crippen molar-refractivity contribution in [3.63, 3.8) is 0 Å². The number of rotatable bonds is 3. The van der Waals surface area contributed by atoms with Gasteiger partial charge in [-0.05, 0) is 56.4 Å². The summed E-state index contributed by atoms with van der Waals surface area (Å²) in [4.78, 5) is 28.1. The van der Waals surface area contributed by atoms with Crippen molar-refractivity contribution in [2.24, 2.45) is 0 Å². The minimum Gasteiger partial charge on any atom is -0.478 e. The van der Waals surface area contributed by atoms with Crippen LogP contribution in [0.3, 0.4) is 0 Å². The van der Waals surface area contributed by atoms with Gasteiger partial charge in [0, 0.05) is 20.0 Å². The SMILES string of the molecule is CN1CC2(CCN(C(=O)C(C)(C)Oc3ccc4c(c3)CCC4)C2)OC1=O. The van der Waals surface area contributed by atoms with Gasteiger partial charge in [-0.15, -0.1) is 0 Å². The van der Waals surface area contributed by atoms with E-state index in [0.717, 1.165) is 18.6 Å². The summed E-state index contributed by atoms with van der Waals surface area (Å²) in [7, 11) is 1.72. The van der Waals surface area contributed by atoms with Crippen molar-refractivity contribution < 1.29 is 19.1 Å². The number of carbonyl (C=O) groups is 2. The van der Waals surface area contributed by atoms with Gasteiger partial charge in [-0.25, -0.2) is 4.79 Å². The predicted molar refractivity (Wildman–Crippen MR) is 96.2 cm³/mol. The smallest absolute Gasteiger partial charge is 0.410 e. The topological polar surface area (TPSA) is 59.1 Å². The summed E-state index contributed by atoms with van der Waals surface area (Å²) in [6, 6.07) is 6.13. The van der Waals surface area contributed by atoms with Crippen molar-refractivity contribution in [3.8, 4) is 5.75 Å². The average molecular weight is 358 g/mol. The molecule has 1 aliphatic carbocycles. The summed E-state index contributed by atoms with van der Waals surface area (Å²) in [6.45, 7) is 5.15. The molecule has 0 N–H and O–H groups in total. The van der Waals surface area contributed by atoms with E-state index in [1.807, 2.05) is 6.07 Å². The van der Waals surface area contributed by atoms with Crippen molar-refractivity contribution in [2.45, 2.75) is 50.7 Å². The fraction of sp³-hybridized carbons (Fsp3) is 0.600. The molecule has 2 fully saturated rings. The highest BCUT2D eigenvalue weighted by molar-refractivity contribution is 5.85. The lowest BCUT2D eigenvalue weighted by Crippen LogP contribution is -2.49. The number of ether oxygens (including phenoxy) is 2. The van der Waals surface area contributed by atoms with Crippen LogP contribution in [0.4, 0.5) is 4.79 Å². The normalized spacial score (nSPS) is 25.0. The first-order valence-corrected chi connectivity index (χ1v) is 9.32. The van der Waals surface area contributed by atoms with Crippen LogP contribution >= 0.6 is 0 Å². The minimum absolute atomic E-state index is 0.0690. The molecule has 140 valence electrons. The number of carbonyl (C=O) groups excluding carboxylic acids is 2. The molecule has 1 unspecified atom stereocenters. The molecule has 0 aromatic heterocycles. The third-order valence-electron chi connectivity index (χ3n) is 5.70. The summed E-state index contributed by atoms with van der Waals surface area (Å²) >= 11 is 0. The largest absolute Gasteiger partial charge is 0.478 e. The molecule has 2 amide bonds. The molecule has 4 rings (SSSR count). The number of likely N-dealkylation sites (tertiary alicyclic amines) is 1. The lowest BCUT2D eigenvalue weighted by molar-refractivity contribution is -0.145. The van der Waals surface area contributed by atoms with E-state index in [9.17, 15) is 9.59 Å². The van der Waals surface area contributed by atoms with Crippen molar-refractivity contribution in [3.05, 3.63) is 29.3 Å². The van der Waals surface area contributed by atoms with Gasteiger partial charge >= 0.3 is 6.09 Å². The van der Waals surface area contributed by atoms with Crippen LogP contribution in [-0.4, -0.2) is 59.7 Å². The molecule has 1 aromatic rings. The lowest BCUT2D eigenvalue weighted by Gasteiger charge is -2.31. The Kier molecular flexibility index (Phi) is 3.90. The minimum atomic E-state index is -0.965. The Morgan fingerprint density at radius 3 is 2.73 bits per heavy atom. The van der Waals surface area contributed by atoms with Gasteiger partial charge in [0.05, 0.1) is 13.1 Å². The Labute approximate surface area is 154 Å². The Bertz CT molecular complexity index is 760. The van der Waals surface area contributed by atoms with E-state index in [4.69, 9.17) is 9.47 Å². The Balaban J connectivity index is 1.45. The van der Waals surface area contributed by atoms with Crippen molar-refractivity contribution >= 4 is 12.0 Å². The Morgan fingerprint density at radius 2 is 2.00 bits per heavy atom. The molecular formula is C20H26N2O4. The maximum atomic E-state index is 13.1. The fourth-order valence-corrected chi connectivity index (χ4v) is 4.35. The number of fused-ring (bicyclic) bond motifs is 1. The number of hydrogen-bond acceptors (Lipinski definition) is 4. The number of likely N-dealkylation sites (N-methyl/N-ethyl adjacent to an activating group) is 1. The van der Waals surface area contributed by atoms with Crippen LogP contribution < -0.4 is 4.74 Å². The molecule has 1 spiro atoms. The molecule has 3 aliphatic rings. The molecule has 0 radical (unpaired) electrons. The van der Waals surface area contributed by atoms with E-state index < -0.39 is 11.2 Å². The van der Waals surface area contributed by atoms with Crippen LogP contribution in [0.2, 0.25) is 0 Å². The average Bonchev–Trinajstić information content (AvgIpc) is 3.26. The van der Waals surface area contributed by atoms with Gasteiger partial charge in [0.1, 0.15) is 5.75 Å². The van der Waals surface area contributed by atoms with E-state index >= 15 is 0 Å². The first-order chi connectivity index (χ1) is 12.3. The summed E-state index contributed by atoms with van der Waals surface area (Å²) < 4.78 is 11.6. The van der Waals surface area contributed by atoms with Gasteiger partial charge in [-0.2, -0.15) is 0 Å². The number of hydrogen-bond donors (Lipinski definition) is 0. The Hall–Kier alpha value is -2.24. The predicted octanol–water partition coefficient (Wildman–Crippen LogP) is 2.39. The highest BCUT2D eigenvalue weighted by Gasteiger charge is 2.51. The second-order valence-corrected chi connectivity index (χ2v) is 8.28. The number of amides is 2. The van der Waals surface area contributed by atoms with E-state index in [2.05, 4.69) is 12.1 Å². The zero-order valence-electron chi connectivity index (χ0n) is 15.7. The molecule has 6 nitrogen and oxygen atoms in total. The van der Waals surface area contributed by atoms with Crippen LogP contribution in [-0.2, 0) is 22.4 Å². The molecular weight excluding hydrogens is 332 g/mol. The standard InChI is InChI=1S/C20H26N2O4/c1-19(2,25-16-8-7-14-5-4-6-15(14)11-16)17(23)22-10-9-20(13-22)12-21(3)18(24)26-20/h7-8,11H,4-6,9-10,12-13H2,1-3H3. The van der Waals surface area contributed by atoms with Gasteiger partial charge < -0.3 is 19.3 Å². The Morgan fingerprint density at radius 1 is 1.23 bits per heavy atom. The first-order valence-electron chi connectivity index (χ1n) is 9.32. The second-order valence-electron chi connectivity index (χ2n) is 8.28. The van der Waals surface area contributed by atoms with E-state index in [-0.39, 0.29) is 12.0 Å². The summed E-state index contributed by atoms with van der Waals surface area (Å²) in [5.74, 6) is 0.672. The fourth-order valence-electron chi connectivity index (χ4n) is 4.35. The maximum absolute atomic E-state index is 13.1. The highest BCUT2D eigenvalue weighted by atomic mass is 16.6. The molecule has 1 aromatic carbocycles. The molecule has 2 saturated heterocycles. The van der Waals surface area contributed by atoms with Crippen molar-refractivity contribution in [1.82, 2.24) is 9.80 Å². The van der Waals surface area contributed by atoms with Crippen LogP contribution in [0.1, 0.15) is 37.8 Å². The van der Waals surface area contributed by atoms with Crippen LogP contribution in [0.5, 0.6) is 5.75 Å². The zero-order chi connectivity index (χ0) is 18.5. The van der Waals surface area contributed by atoms with Gasteiger partial charge in [-0.1, -0.05) is 6.07 Å². The molecule has 1 atom stereocenters. The lowest BCUT2D eigenvalue weighted by atomic mass is 10.0. The van der Waals surface area contributed by atoms with Crippen molar-refractivity contribution in [2.75, 3.05) is 26.7 Å². The second kappa shape index (κ2) is 5.89. The molecule has 2 aliphatic heterocycles. The molecule has 0 bridgehead atoms. The summed E-state index contributed by atoms with van der Waals surface area (Å²) in [5, 5.41) is 0. The van der Waals surface area contributed by atoms with Gasteiger partial charge in [0.25, 0.3) is 5.91 Å². The van der Waals surface area contributed by atoms with Gasteiger partial charge in [-0.3, -0.25) is 4.79 Å². The van der Waals surface area contributed by atoms with E-state index in [0.29, 0.717) is 26.1 Å². The monoisotopic (exact) mass is 358 g/mol. The molecule has 6 heteroatoms. The van der Waals surface area contributed by atoms with Crippen LogP contribution in [0, 0.1) is 0 Å². The third kappa shape index (κ3) is 2.91. The van der Waals surface area contributed by atoms with Gasteiger partial charge in [0.15, 0.2) is 11.2 Å². The molecule has 2 heterocycles. The first kappa shape index (κ1) is 17.2. The zero-order valence-corrected chi connectivity index (χ0v) is 15.7. The number of benzene rings is 1.